The van der Waals surface area contributed by atoms with Gasteiger partial charge in [0.2, 0.25) is 5.91 Å². The first-order valence-electron chi connectivity index (χ1n) is 8.26. The molecule has 4 heteroatoms. The Bertz CT molecular complexity index is 698. The fraction of sp³-hybridized carbons (Fsp3) is 0.350. The number of anilines is 1. The summed E-state index contributed by atoms with van der Waals surface area (Å²) >= 11 is 0. The number of hydrogen-bond acceptors (Lipinski definition) is 3. The number of nitrogens with one attached hydrogen (secondary N) is 1. The van der Waals surface area contributed by atoms with Gasteiger partial charge in [0.1, 0.15) is 5.75 Å². The molecule has 0 heterocycles. The summed E-state index contributed by atoms with van der Waals surface area (Å²) in [6.07, 6.45) is 0. The highest BCUT2D eigenvalue weighted by molar-refractivity contribution is 5.93. The molecule has 1 N–H and O–H groups in total. The molecule has 4 nitrogen and oxygen atoms in total. The molecule has 0 unspecified atom stereocenters. The fourth-order valence-corrected chi connectivity index (χ4v) is 2.60. The lowest BCUT2D eigenvalue weighted by atomic mass is 10.1. The molecule has 24 heavy (non-hydrogen) atoms. The monoisotopic (exact) mass is 326 g/mol. The van der Waals surface area contributed by atoms with Crippen LogP contribution in [0.5, 0.6) is 5.75 Å². The van der Waals surface area contributed by atoms with Crippen LogP contribution in [0.1, 0.15) is 23.6 Å². The molecule has 0 aliphatic rings. The van der Waals surface area contributed by atoms with Gasteiger partial charge in [0.25, 0.3) is 0 Å². The molecule has 128 valence electrons. The van der Waals surface area contributed by atoms with E-state index in [1.807, 2.05) is 75.2 Å². The zero-order valence-electron chi connectivity index (χ0n) is 14.9. The van der Waals surface area contributed by atoms with Crippen molar-refractivity contribution >= 4 is 11.6 Å². The maximum atomic E-state index is 12.3. The minimum atomic E-state index is -0.0138. The van der Waals surface area contributed by atoms with E-state index in [9.17, 15) is 4.79 Å². The molecule has 0 aliphatic heterocycles. The van der Waals surface area contributed by atoms with Gasteiger partial charge in [0.05, 0.1) is 13.2 Å². The number of para-hydroxylation sites is 1. The third-order valence-electron chi connectivity index (χ3n) is 4.00. The molecular weight excluding hydrogens is 300 g/mol. The largest absolute Gasteiger partial charge is 0.494 e. The summed E-state index contributed by atoms with van der Waals surface area (Å²) in [6, 6.07) is 13.9. The smallest absolute Gasteiger partial charge is 0.238 e. The highest BCUT2D eigenvalue weighted by Crippen LogP contribution is 2.20. The van der Waals surface area contributed by atoms with Crippen molar-refractivity contribution in [1.29, 1.82) is 0 Å². The summed E-state index contributed by atoms with van der Waals surface area (Å²) < 4.78 is 5.64. The van der Waals surface area contributed by atoms with Crippen molar-refractivity contribution in [2.45, 2.75) is 27.3 Å². The molecule has 1 amide bonds. The Hall–Kier alpha value is -2.33. The van der Waals surface area contributed by atoms with Crippen molar-refractivity contribution in [1.82, 2.24) is 4.90 Å². The van der Waals surface area contributed by atoms with E-state index in [1.165, 1.54) is 5.56 Å². The summed E-state index contributed by atoms with van der Waals surface area (Å²) in [4.78, 5) is 14.3. The van der Waals surface area contributed by atoms with Crippen LogP contribution in [0.15, 0.2) is 42.5 Å². The van der Waals surface area contributed by atoms with Crippen molar-refractivity contribution < 1.29 is 9.53 Å². The van der Waals surface area contributed by atoms with Gasteiger partial charge in [-0.15, -0.1) is 0 Å². The van der Waals surface area contributed by atoms with Crippen LogP contribution in [0.25, 0.3) is 0 Å². The lowest BCUT2D eigenvalue weighted by molar-refractivity contribution is -0.117. The molecule has 0 aliphatic carbocycles. The summed E-state index contributed by atoms with van der Waals surface area (Å²) in [7, 11) is 1.94. The number of rotatable bonds is 7. The molecular formula is C20H26N2O2. The Morgan fingerprint density at radius 2 is 1.88 bits per heavy atom. The van der Waals surface area contributed by atoms with E-state index >= 15 is 0 Å². The summed E-state index contributed by atoms with van der Waals surface area (Å²) in [5.74, 6) is 0.863. The van der Waals surface area contributed by atoms with Gasteiger partial charge in [0.15, 0.2) is 0 Å². The van der Waals surface area contributed by atoms with E-state index in [1.54, 1.807) is 0 Å². The van der Waals surface area contributed by atoms with E-state index < -0.39 is 0 Å². The third kappa shape index (κ3) is 4.83. The van der Waals surface area contributed by atoms with Crippen LogP contribution in [0.2, 0.25) is 0 Å². The number of nitrogens with zero attached hydrogens (tertiary/aromatic N) is 1. The Morgan fingerprint density at radius 1 is 1.12 bits per heavy atom. The number of likely N-dealkylation sites (N-methyl/N-ethyl adjacent to an activating group) is 1. The predicted molar refractivity (Wildman–Crippen MR) is 98.5 cm³/mol. The molecule has 0 fully saturated rings. The topological polar surface area (TPSA) is 41.6 Å². The van der Waals surface area contributed by atoms with Crippen molar-refractivity contribution in [2.75, 3.05) is 25.5 Å². The van der Waals surface area contributed by atoms with Crippen LogP contribution in [-0.2, 0) is 11.3 Å². The first kappa shape index (κ1) is 18.0. The number of benzene rings is 2. The molecule has 0 spiro atoms. The zero-order chi connectivity index (χ0) is 17.5. The molecule has 0 radical (unpaired) electrons. The minimum Gasteiger partial charge on any atom is -0.494 e. The SMILES string of the molecule is CCOc1ccccc1CN(C)CC(=O)Nc1cccc(C)c1C. The minimum absolute atomic E-state index is 0.0138. The van der Waals surface area contributed by atoms with Gasteiger partial charge in [-0.1, -0.05) is 30.3 Å². The van der Waals surface area contributed by atoms with Crippen LogP contribution in [0, 0.1) is 13.8 Å². The molecule has 2 rings (SSSR count). The Morgan fingerprint density at radius 3 is 2.62 bits per heavy atom. The zero-order valence-corrected chi connectivity index (χ0v) is 14.9. The van der Waals surface area contributed by atoms with Gasteiger partial charge in [0, 0.05) is 17.8 Å². The number of carbonyl (C=O) groups excluding carboxylic acids is 1. The molecule has 0 atom stereocenters. The summed E-state index contributed by atoms with van der Waals surface area (Å²) in [5, 5.41) is 3.00. The highest BCUT2D eigenvalue weighted by atomic mass is 16.5. The van der Waals surface area contributed by atoms with Crippen LogP contribution >= 0.6 is 0 Å². The average molecular weight is 326 g/mol. The molecule has 2 aromatic carbocycles. The summed E-state index contributed by atoms with van der Waals surface area (Å²) in [5.41, 5.74) is 4.24. The lowest BCUT2D eigenvalue weighted by Gasteiger charge is -2.19. The fourth-order valence-electron chi connectivity index (χ4n) is 2.60. The van der Waals surface area contributed by atoms with Crippen molar-refractivity contribution in [3.63, 3.8) is 0 Å². The Kier molecular flexibility index (Phi) is 6.38. The van der Waals surface area contributed by atoms with Crippen LogP contribution in [0.3, 0.4) is 0 Å². The Balaban J connectivity index is 1.96. The second kappa shape index (κ2) is 8.50. The quantitative estimate of drug-likeness (QED) is 0.842. The Labute approximate surface area is 144 Å². The maximum absolute atomic E-state index is 12.3. The van der Waals surface area contributed by atoms with Gasteiger partial charge < -0.3 is 10.1 Å². The van der Waals surface area contributed by atoms with Gasteiger partial charge in [-0.3, -0.25) is 9.69 Å². The number of aryl methyl sites for hydroxylation is 1. The number of carbonyl (C=O) groups is 1. The second-order valence-corrected chi connectivity index (χ2v) is 6.01. The molecule has 0 saturated carbocycles. The number of hydrogen-bond donors (Lipinski definition) is 1. The molecule has 0 saturated heterocycles. The first-order valence-corrected chi connectivity index (χ1v) is 8.26. The maximum Gasteiger partial charge on any atom is 0.238 e. The predicted octanol–water partition coefficient (Wildman–Crippen LogP) is 3.77. The van der Waals surface area contributed by atoms with Gasteiger partial charge in [-0.2, -0.15) is 0 Å². The standard InChI is InChI=1S/C20H26N2O2/c1-5-24-19-12-7-6-10-17(19)13-22(4)14-20(23)21-18-11-8-9-15(2)16(18)3/h6-12H,5,13-14H2,1-4H3,(H,21,23). The average Bonchev–Trinajstić information content (AvgIpc) is 2.54. The third-order valence-corrected chi connectivity index (χ3v) is 4.00. The van der Waals surface area contributed by atoms with Crippen molar-refractivity contribution in [3.05, 3.63) is 59.2 Å². The van der Waals surface area contributed by atoms with E-state index in [4.69, 9.17) is 4.74 Å². The van der Waals surface area contributed by atoms with Gasteiger partial charge >= 0.3 is 0 Å². The number of amides is 1. The highest BCUT2D eigenvalue weighted by Gasteiger charge is 2.11. The molecule has 0 aromatic heterocycles. The second-order valence-electron chi connectivity index (χ2n) is 6.01. The molecule has 2 aromatic rings. The van der Waals surface area contributed by atoms with E-state index in [0.717, 1.165) is 22.6 Å². The van der Waals surface area contributed by atoms with Crippen molar-refractivity contribution in [3.8, 4) is 5.75 Å². The first-order chi connectivity index (χ1) is 11.5. The van der Waals surface area contributed by atoms with E-state index in [2.05, 4.69) is 5.32 Å². The lowest BCUT2D eigenvalue weighted by Crippen LogP contribution is -2.30. The van der Waals surface area contributed by atoms with Crippen LogP contribution in [-0.4, -0.2) is 31.0 Å². The normalized spacial score (nSPS) is 10.7. The number of ether oxygens (including phenoxy) is 1. The van der Waals surface area contributed by atoms with Crippen molar-refractivity contribution in [2.24, 2.45) is 0 Å². The molecule has 0 bridgehead atoms. The summed E-state index contributed by atoms with van der Waals surface area (Å²) in [6.45, 7) is 7.66. The van der Waals surface area contributed by atoms with Crippen LogP contribution in [0.4, 0.5) is 5.69 Å². The van der Waals surface area contributed by atoms with E-state index in [-0.39, 0.29) is 5.91 Å². The van der Waals surface area contributed by atoms with Gasteiger partial charge in [-0.25, -0.2) is 0 Å². The van der Waals surface area contributed by atoms with Gasteiger partial charge in [-0.05, 0) is 51.1 Å². The van der Waals surface area contributed by atoms with Crippen LogP contribution < -0.4 is 10.1 Å². The van der Waals surface area contributed by atoms with E-state index in [0.29, 0.717) is 19.7 Å².